The Hall–Kier alpha value is -1.09. The number of nitrogens with one attached hydrogen (secondary N) is 1. The van der Waals surface area contributed by atoms with Crippen LogP contribution in [0.25, 0.3) is 0 Å². The van der Waals surface area contributed by atoms with Gasteiger partial charge >= 0.3 is 0 Å². The number of likely N-dealkylation sites (N-methyl/N-ethyl adjacent to an activating group) is 1. The van der Waals surface area contributed by atoms with E-state index >= 15 is 0 Å². The Morgan fingerprint density at radius 2 is 2.00 bits per heavy atom. The Morgan fingerprint density at radius 1 is 1.35 bits per heavy atom. The Bertz CT molecular complexity index is 300. The predicted octanol–water partition coefficient (Wildman–Crippen LogP) is 3.78. The van der Waals surface area contributed by atoms with Crippen molar-refractivity contribution in [2.24, 2.45) is 0 Å². The lowest BCUT2D eigenvalue weighted by molar-refractivity contribution is 0.217. The zero-order chi connectivity index (χ0) is 13.3. The molecule has 1 aromatic carbocycles. The van der Waals surface area contributed by atoms with Gasteiger partial charge in [-0.1, -0.05) is 20.8 Å². The Labute approximate surface area is 106 Å². The van der Waals surface area contributed by atoms with Crippen LogP contribution in [0.5, 0.6) is 5.75 Å². The minimum absolute atomic E-state index is 0. The Kier molecular flexibility index (Phi) is 8.42. The van der Waals surface area contributed by atoms with E-state index in [1.165, 1.54) is 12.1 Å². The van der Waals surface area contributed by atoms with Gasteiger partial charge in [0.25, 0.3) is 0 Å². The molecule has 0 radical (unpaired) electrons. The maximum absolute atomic E-state index is 13.0. The SMILES string of the molecule is CC.CCNC[C@H](C)Oc1cc(C)cc(F)c1.[HH]. The second kappa shape index (κ2) is 8.99. The molecule has 0 aromatic heterocycles. The quantitative estimate of drug-likeness (QED) is 0.849. The van der Waals surface area contributed by atoms with Gasteiger partial charge in [-0.05, 0) is 38.1 Å². The molecule has 0 aliphatic heterocycles. The molecular weight excluding hydrogens is 217 g/mol. The first-order valence-electron chi connectivity index (χ1n) is 6.26. The third-order valence-electron chi connectivity index (χ3n) is 2.03. The normalized spacial score (nSPS) is 11.4. The van der Waals surface area contributed by atoms with Gasteiger partial charge < -0.3 is 10.1 Å². The van der Waals surface area contributed by atoms with Gasteiger partial charge in [-0.2, -0.15) is 0 Å². The lowest BCUT2D eigenvalue weighted by Crippen LogP contribution is -2.28. The Balaban J connectivity index is 0. The minimum Gasteiger partial charge on any atom is -0.489 e. The zero-order valence-electron chi connectivity index (χ0n) is 11.5. The molecule has 0 aliphatic rings. The summed E-state index contributed by atoms with van der Waals surface area (Å²) in [5.41, 5.74) is 0.876. The van der Waals surface area contributed by atoms with E-state index in [2.05, 4.69) is 5.32 Å². The average Bonchev–Trinajstić information content (AvgIpc) is 2.27. The number of hydrogen-bond acceptors (Lipinski definition) is 2. The van der Waals surface area contributed by atoms with Crippen molar-refractivity contribution in [3.05, 3.63) is 29.6 Å². The van der Waals surface area contributed by atoms with Crippen molar-refractivity contribution in [3.8, 4) is 5.75 Å². The van der Waals surface area contributed by atoms with E-state index in [0.717, 1.165) is 18.7 Å². The van der Waals surface area contributed by atoms with Crippen LogP contribution in [0.15, 0.2) is 18.2 Å². The highest BCUT2D eigenvalue weighted by molar-refractivity contribution is 5.28. The number of halogens is 1. The largest absolute Gasteiger partial charge is 0.489 e. The first-order valence-corrected chi connectivity index (χ1v) is 6.26. The number of benzene rings is 1. The summed E-state index contributed by atoms with van der Waals surface area (Å²) in [5, 5.41) is 3.18. The molecule has 2 nitrogen and oxygen atoms in total. The van der Waals surface area contributed by atoms with Crippen molar-refractivity contribution < 1.29 is 10.6 Å². The summed E-state index contributed by atoms with van der Waals surface area (Å²) in [7, 11) is 0. The molecule has 0 unspecified atom stereocenters. The monoisotopic (exact) mass is 243 g/mol. The molecule has 0 fully saturated rings. The van der Waals surface area contributed by atoms with Gasteiger partial charge in [0.1, 0.15) is 17.7 Å². The minimum atomic E-state index is -0.249. The highest BCUT2D eigenvalue weighted by Gasteiger charge is 2.04. The molecule has 0 saturated carbocycles. The molecule has 1 atom stereocenters. The predicted molar refractivity (Wildman–Crippen MR) is 73.2 cm³/mol. The lowest BCUT2D eigenvalue weighted by atomic mass is 10.2. The molecule has 17 heavy (non-hydrogen) atoms. The molecule has 0 spiro atoms. The maximum Gasteiger partial charge on any atom is 0.127 e. The van der Waals surface area contributed by atoms with Crippen LogP contribution in [-0.2, 0) is 0 Å². The molecule has 0 bridgehead atoms. The molecule has 1 rings (SSSR count). The summed E-state index contributed by atoms with van der Waals surface area (Å²) in [5.74, 6) is 0.346. The second-order valence-electron chi connectivity index (χ2n) is 3.70. The van der Waals surface area contributed by atoms with Crippen molar-refractivity contribution >= 4 is 0 Å². The second-order valence-corrected chi connectivity index (χ2v) is 3.70. The van der Waals surface area contributed by atoms with E-state index in [-0.39, 0.29) is 13.3 Å². The van der Waals surface area contributed by atoms with Gasteiger partial charge in [0.2, 0.25) is 0 Å². The van der Waals surface area contributed by atoms with Crippen LogP contribution < -0.4 is 10.1 Å². The summed E-state index contributed by atoms with van der Waals surface area (Å²) in [6, 6.07) is 4.74. The van der Waals surface area contributed by atoms with Gasteiger partial charge in [0, 0.05) is 14.0 Å². The van der Waals surface area contributed by atoms with E-state index in [1.807, 2.05) is 40.7 Å². The first-order chi connectivity index (χ1) is 8.11. The molecule has 3 heteroatoms. The van der Waals surface area contributed by atoms with E-state index in [0.29, 0.717) is 5.75 Å². The van der Waals surface area contributed by atoms with Crippen LogP contribution in [0.4, 0.5) is 4.39 Å². The Morgan fingerprint density at radius 3 is 2.53 bits per heavy atom. The molecule has 0 aliphatic carbocycles. The molecular formula is C14H26FNO. The molecule has 100 valence electrons. The fourth-order valence-corrected chi connectivity index (χ4v) is 1.39. The van der Waals surface area contributed by atoms with Gasteiger partial charge in [0.05, 0.1) is 0 Å². The molecule has 0 heterocycles. The smallest absolute Gasteiger partial charge is 0.127 e. The number of hydrogen-bond donors (Lipinski definition) is 1. The van der Waals surface area contributed by atoms with E-state index in [1.54, 1.807) is 0 Å². The topological polar surface area (TPSA) is 21.3 Å². The summed E-state index contributed by atoms with van der Waals surface area (Å²) >= 11 is 0. The fourth-order valence-electron chi connectivity index (χ4n) is 1.39. The number of aryl methyl sites for hydroxylation is 1. The van der Waals surface area contributed by atoms with Gasteiger partial charge in [-0.25, -0.2) is 4.39 Å². The molecule has 0 saturated heterocycles. The highest BCUT2D eigenvalue weighted by Crippen LogP contribution is 2.16. The summed E-state index contributed by atoms with van der Waals surface area (Å²) in [4.78, 5) is 0. The van der Waals surface area contributed by atoms with Crippen molar-refractivity contribution in [1.82, 2.24) is 5.32 Å². The van der Waals surface area contributed by atoms with Crippen molar-refractivity contribution in [2.45, 2.75) is 40.7 Å². The van der Waals surface area contributed by atoms with Crippen molar-refractivity contribution in [2.75, 3.05) is 13.1 Å². The summed E-state index contributed by atoms with van der Waals surface area (Å²) in [6.07, 6.45) is 0.0474. The van der Waals surface area contributed by atoms with Crippen LogP contribution in [-0.4, -0.2) is 19.2 Å². The van der Waals surface area contributed by atoms with Crippen molar-refractivity contribution in [1.29, 1.82) is 0 Å². The maximum atomic E-state index is 13.0. The summed E-state index contributed by atoms with van der Waals surface area (Å²) < 4.78 is 18.6. The molecule has 1 aromatic rings. The first kappa shape index (κ1) is 15.9. The van der Waals surface area contributed by atoms with Crippen LogP contribution in [0.1, 0.15) is 34.7 Å². The van der Waals surface area contributed by atoms with E-state index in [4.69, 9.17) is 4.74 Å². The van der Waals surface area contributed by atoms with Gasteiger partial charge in [-0.3, -0.25) is 0 Å². The van der Waals surface area contributed by atoms with E-state index in [9.17, 15) is 4.39 Å². The number of rotatable bonds is 5. The van der Waals surface area contributed by atoms with Crippen LogP contribution in [0.2, 0.25) is 0 Å². The fraction of sp³-hybridized carbons (Fsp3) is 0.571. The average molecular weight is 243 g/mol. The van der Waals surface area contributed by atoms with E-state index < -0.39 is 0 Å². The van der Waals surface area contributed by atoms with Crippen LogP contribution >= 0.6 is 0 Å². The van der Waals surface area contributed by atoms with Crippen LogP contribution in [0, 0.1) is 12.7 Å². The zero-order valence-corrected chi connectivity index (χ0v) is 11.5. The van der Waals surface area contributed by atoms with Crippen LogP contribution in [0.3, 0.4) is 0 Å². The van der Waals surface area contributed by atoms with Gasteiger partial charge in [0.15, 0.2) is 0 Å². The highest BCUT2D eigenvalue weighted by atomic mass is 19.1. The molecule has 1 N–H and O–H groups in total. The standard InChI is InChI=1S/C12H18FNO.C2H6.H2/c1-4-14-8-10(3)15-12-6-9(2)5-11(13)7-12;1-2;/h5-7,10,14H,4,8H2,1-3H3;1-2H3;1H/t10-;;/m0../s1. The van der Waals surface area contributed by atoms with Crippen molar-refractivity contribution in [3.63, 3.8) is 0 Å². The molecule has 0 amide bonds. The third-order valence-corrected chi connectivity index (χ3v) is 2.03. The lowest BCUT2D eigenvalue weighted by Gasteiger charge is -2.15. The van der Waals surface area contributed by atoms with Gasteiger partial charge in [-0.15, -0.1) is 0 Å². The number of ether oxygens (including phenoxy) is 1. The third kappa shape index (κ3) is 6.95. The summed E-state index contributed by atoms with van der Waals surface area (Å²) in [6.45, 7) is 11.5.